The highest BCUT2D eigenvalue weighted by atomic mass is 16.5. The fourth-order valence-electron chi connectivity index (χ4n) is 3.40. The lowest BCUT2D eigenvalue weighted by molar-refractivity contribution is 0.0954. The minimum atomic E-state index is -0.113. The molecule has 4 rings (SSSR count). The quantitative estimate of drug-likeness (QED) is 0.538. The molecule has 1 amide bonds. The summed E-state index contributed by atoms with van der Waals surface area (Å²) in [6, 6.07) is 20.1. The van der Waals surface area contributed by atoms with Crippen molar-refractivity contribution in [1.29, 1.82) is 0 Å². The van der Waals surface area contributed by atoms with Gasteiger partial charge in [0, 0.05) is 18.3 Å². The molecular formula is C24H23N3O2. The van der Waals surface area contributed by atoms with Crippen molar-refractivity contribution in [2.45, 2.75) is 13.3 Å². The molecule has 1 N–H and O–H groups in total. The molecule has 1 heterocycles. The number of carbonyl (C=O) groups is 1. The van der Waals surface area contributed by atoms with Gasteiger partial charge < -0.3 is 14.6 Å². The van der Waals surface area contributed by atoms with Crippen LogP contribution < -0.4 is 10.1 Å². The molecule has 5 heteroatoms. The summed E-state index contributed by atoms with van der Waals surface area (Å²) in [5.41, 5.74) is 3.54. The van der Waals surface area contributed by atoms with Gasteiger partial charge in [0.15, 0.2) is 0 Å². The molecule has 29 heavy (non-hydrogen) atoms. The third-order valence-corrected chi connectivity index (χ3v) is 4.94. The zero-order valence-corrected chi connectivity index (χ0v) is 16.6. The van der Waals surface area contributed by atoms with Crippen LogP contribution in [0.2, 0.25) is 0 Å². The molecule has 0 saturated carbocycles. The first-order valence-corrected chi connectivity index (χ1v) is 9.59. The summed E-state index contributed by atoms with van der Waals surface area (Å²) in [4.78, 5) is 16.8. The number of hydrogen-bond donors (Lipinski definition) is 1. The number of benzene rings is 3. The number of imidazole rings is 1. The zero-order valence-electron chi connectivity index (χ0n) is 16.6. The van der Waals surface area contributed by atoms with E-state index in [1.165, 1.54) is 16.3 Å². The maximum absolute atomic E-state index is 12.6. The first-order valence-electron chi connectivity index (χ1n) is 9.59. The Bertz CT molecular complexity index is 1160. The third kappa shape index (κ3) is 4.14. The summed E-state index contributed by atoms with van der Waals surface area (Å²) < 4.78 is 7.37. The lowest BCUT2D eigenvalue weighted by Crippen LogP contribution is -2.25. The van der Waals surface area contributed by atoms with E-state index in [4.69, 9.17) is 4.74 Å². The Morgan fingerprint density at radius 1 is 1.07 bits per heavy atom. The molecule has 0 atom stereocenters. The van der Waals surface area contributed by atoms with Gasteiger partial charge in [0.1, 0.15) is 5.75 Å². The molecule has 4 aromatic rings. The van der Waals surface area contributed by atoms with E-state index < -0.39 is 0 Å². The standard InChI is InChI=1S/C24H23N3O2/c1-17-15-27(16-26-17)22-10-9-21(14-23(22)29-2)24(28)25-12-11-18-7-8-19-5-3-4-6-20(19)13-18/h3-10,13-16H,11-12H2,1-2H3,(H,25,28). The number of ether oxygens (including phenoxy) is 1. The average molecular weight is 385 g/mol. The van der Waals surface area contributed by atoms with E-state index in [1.807, 2.05) is 35.9 Å². The minimum Gasteiger partial charge on any atom is -0.495 e. The number of aromatic nitrogens is 2. The molecule has 1 aromatic heterocycles. The Balaban J connectivity index is 1.42. The highest BCUT2D eigenvalue weighted by molar-refractivity contribution is 5.95. The van der Waals surface area contributed by atoms with Crippen molar-refractivity contribution in [3.05, 3.63) is 90.0 Å². The number of amides is 1. The molecule has 0 fully saturated rings. The van der Waals surface area contributed by atoms with Crippen molar-refractivity contribution in [3.8, 4) is 11.4 Å². The van der Waals surface area contributed by atoms with Crippen LogP contribution in [0, 0.1) is 6.92 Å². The van der Waals surface area contributed by atoms with E-state index in [0.29, 0.717) is 17.9 Å². The molecule has 0 aliphatic rings. The molecule has 0 bridgehead atoms. The number of fused-ring (bicyclic) bond motifs is 1. The molecule has 0 radical (unpaired) electrons. The summed E-state index contributed by atoms with van der Waals surface area (Å²) in [5, 5.41) is 5.43. The van der Waals surface area contributed by atoms with Crippen molar-refractivity contribution >= 4 is 16.7 Å². The smallest absolute Gasteiger partial charge is 0.251 e. The molecule has 5 nitrogen and oxygen atoms in total. The molecule has 0 saturated heterocycles. The van der Waals surface area contributed by atoms with E-state index >= 15 is 0 Å². The van der Waals surface area contributed by atoms with Crippen LogP contribution in [0.5, 0.6) is 5.75 Å². The van der Waals surface area contributed by atoms with Gasteiger partial charge in [-0.15, -0.1) is 0 Å². The van der Waals surface area contributed by atoms with Gasteiger partial charge in [0.25, 0.3) is 5.91 Å². The van der Waals surface area contributed by atoms with Crippen molar-refractivity contribution < 1.29 is 9.53 Å². The third-order valence-electron chi connectivity index (χ3n) is 4.94. The van der Waals surface area contributed by atoms with Crippen LogP contribution in [0.15, 0.2) is 73.2 Å². The summed E-state index contributed by atoms with van der Waals surface area (Å²) in [6.45, 7) is 2.50. The second kappa shape index (κ2) is 8.19. The SMILES string of the molecule is COc1cc(C(=O)NCCc2ccc3ccccc3c2)ccc1-n1cnc(C)c1. The Hall–Kier alpha value is -3.60. The molecular weight excluding hydrogens is 362 g/mol. The average Bonchev–Trinajstić information content (AvgIpc) is 3.19. The second-order valence-corrected chi connectivity index (χ2v) is 7.00. The number of carbonyl (C=O) groups excluding carboxylic acids is 1. The summed E-state index contributed by atoms with van der Waals surface area (Å²) in [5.74, 6) is 0.516. The van der Waals surface area contributed by atoms with Gasteiger partial charge >= 0.3 is 0 Å². The van der Waals surface area contributed by atoms with E-state index in [1.54, 1.807) is 25.6 Å². The summed E-state index contributed by atoms with van der Waals surface area (Å²) >= 11 is 0. The number of hydrogen-bond acceptors (Lipinski definition) is 3. The van der Waals surface area contributed by atoms with Crippen LogP contribution in [-0.4, -0.2) is 29.1 Å². The monoisotopic (exact) mass is 385 g/mol. The number of aryl methyl sites for hydroxylation is 1. The fraction of sp³-hybridized carbons (Fsp3) is 0.167. The predicted molar refractivity (Wildman–Crippen MR) is 115 cm³/mol. The summed E-state index contributed by atoms with van der Waals surface area (Å²) in [7, 11) is 1.60. The minimum absolute atomic E-state index is 0.113. The van der Waals surface area contributed by atoms with Crippen LogP contribution in [-0.2, 0) is 6.42 Å². The molecule has 0 unspecified atom stereocenters. The second-order valence-electron chi connectivity index (χ2n) is 7.00. The Labute approximate surface area is 170 Å². The highest BCUT2D eigenvalue weighted by Crippen LogP contribution is 2.24. The Morgan fingerprint density at radius 2 is 1.90 bits per heavy atom. The Morgan fingerprint density at radius 3 is 2.66 bits per heavy atom. The number of rotatable bonds is 6. The molecule has 0 aliphatic heterocycles. The highest BCUT2D eigenvalue weighted by Gasteiger charge is 2.11. The van der Waals surface area contributed by atoms with Crippen molar-refractivity contribution in [2.24, 2.45) is 0 Å². The van der Waals surface area contributed by atoms with Gasteiger partial charge in [-0.3, -0.25) is 4.79 Å². The maximum atomic E-state index is 12.6. The van der Waals surface area contributed by atoms with Crippen LogP contribution in [0.4, 0.5) is 0 Å². The molecule has 3 aromatic carbocycles. The summed E-state index contributed by atoms with van der Waals surface area (Å²) in [6.07, 6.45) is 4.43. The molecule has 0 spiro atoms. The van der Waals surface area contributed by atoms with E-state index in [9.17, 15) is 4.79 Å². The van der Waals surface area contributed by atoms with Crippen LogP contribution in [0.25, 0.3) is 16.5 Å². The largest absolute Gasteiger partial charge is 0.495 e. The lowest BCUT2D eigenvalue weighted by Gasteiger charge is -2.12. The van der Waals surface area contributed by atoms with Gasteiger partial charge in [-0.25, -0.2) is 4.98 Å². The molecule has 146 valence electrons. The van der Waals surface area contributed by atoms with E-state index in [2.05, 4.69) is 40.6 Å². The Kier molecular flexibility index (Phi) is 5.29. The number of methoxy groups -OCH3 is 1. The topological polar surface area (TPSA) is 56.1 Å². The van der Waals surface area contributed by atoms with Crippen molar-refractivity contribution in [3.63, 3.8) is 0 Å². The molecule has 0 aliphatic carbocycles. The lowest BCUT2D eigenvalue weighted by atomic mass is 10.1. The maximum Gasteiger partial charge on any atom is 0.251 e. The first-order chi connectivity index (χ1) is 14.1. The van der Waals surface area contributed by atoms with Gasteiger partial charge in [0.2, 0.25) is 0 Å². The van der Waals surface area contributed by atoms with Crippen molar-refractivity contribution in [1.82, 2.24) is 14.9 Å². The number of nitrogens with zero attached hydrogens (tertiary/aromatic N) is 2. The van der Waals surface area contributed by atoms with Crippen LogP contribution in [0.3, 0.4) is 0 Å². The zero-order chi connectivity index (χ0) is 20.2. The van der Waals surface area contributed by atoms with Gasteiger partial charge in [0.05, 0.1) is 24.8 Å². The predicted octanol–water partition coefficient (Wildman–Crippen LogP) is 4.32. The van der Waals surface area contributed by atoms with E-state index in [-0.39, 0.29) is 5.91 Å². The van der Waals surface area contributed by atoms with Gasteiger partial charge in [-0.2, -0.15) is 0 Å². The van der Waals surface area contributed by atoms with Crippen LogP contribution >= 0.6 is 0 Å². The van der Waals surface area contributed by atoms with Gasteiger partial charge in [-0.05, 0) is 47.9 Å². The van der Waals surface area contributed by atoms with Crippen molar-refractivity contribution in [2.75, 3.05) is 13.7 Å². The van der Waals surface area contributed by atoms with E-state index in [0.717, 1.165) is 17.8 Å². The fourth-order valence-corrected chi connectivity index (χ4v) is 3.40. The van der Waals surface area contributed by atoms with Crippen LogP contribution in [0.1, 0.15) is 21.6 Å². The number of nitrogens with one attached hydrogen (secondary N) is 1. The van der Waals surface area contributed by atoms with Gasteiger partial charge in [-0.1, -0.05) is 42.5 Å². The normalized spacial score (nSPS) is 10.8. The first kappa shape index (κ1) is 18.7.